The molecule has 0 atom stereocenters. The van der Waals surface area contributed by atoms with Gasteiger partial charge in [0.15, 0.2) is 5.82 Å². The minimum absolute atomic E-state index is 0.157. The summed E-state index contributed by atoms with van der Waals surface area (Å²) in [6.45, 7) is 4.62. The zero-order chi connectivity index (χ0) is 10.2. The molecule has 14 heavy (non-hydrogen) atoms. The average Bonchev–Trinajstić information content (AvgIpc) is 2.52. The van der Waals surface area contributed by atoms with Crippen LogP contribution in [0.2, 0.25) is 5.35 Å². The van der Waals surface area contributed by atoms with Crippen molar-refractivity contribution in [2.45, 2.75) is 45.4 Å². The SMILES string of the molecule is CC1(C)CCC(c2noc(Cl)n2)CC1. The van der Waals surface area contributed by atoms with E-state index in [1.165, 1.54) is 12.8 Å². The highest BCUT2D eigenvalue weighted by atomic mass is 35.5. The molecule has 0 saturated heterocycles. The molecule has 1 aromatic heterocycles. The van der Waals surface area contributed by atoms with Gasteiger partial charge >= 0.3 is 5.35 Å². The number of hydrogen-bond donors (Lipinski definition) is 0. The first-order chi connectivity index (χ1) is 6.57. The van der Waals surface area contributed by atoms with Crippen LogP contribution in [0.5, 0.6) is 0 Å². The zero-order valence-electron chi connectivity index (χ0n) is 8.59. The van der Waals surface area contributed by atoms with Crippen LogP contribution >= 0.6 is 11.6 Å². The first-order valence-corrected chi connectivity index (χ1v) is 5.44. The Balaban J connectivity index is 2.02. The van der Waals surface area contributed by atoms with Crippen molar-refractivity contribution in [2.75, 3.05) is 0 Å². The molecule has 1 heterocycles. The van der Waals surface area contributed by atoms with Crippen molar-refractivity contribution in [3.63, 3.8) is 0 Å². The van der Waals surface area contributed by atoms with E-state index < -0.39 is 0 Å². The summed E-state index contributed by atoms with van der Waals surface area (Å²) in [6, 6.07) is 0. The van der Waals surface area contributed by atoms with E-state index in [1.54, 1.807) is 0 Å². The van der Waals surface area contributed by atoms with Gasteiger partial charge in [0.2, 0.25) is 0 Å². The molecule has 0 bridgehead atoms. The molecule has 78 valence electrons. The molecule has 0 aromatic carbocycles. The molecule has 3 nitrogen and oxygen atoms in total. The third-order valence-corrected chi connectivity index (χ3v) is 3.27. The van der Waals surface area contributed by atoms with Crippen LogP contribution in [0.15, 0.2) is 4.52 Å². The van der Waals surface area contributed by atoms with E-state index in [0.717, 1.165) is 18.7 Å². The van der Waals surface area contributed by atoms with Crippen LogP contribution in [0.4, 0.5) is 0 Å². The molecule has 1 fully saturated rings. The maximum atomic E-state index is 5.60. The molecule has 0 aliphatic heterocycles. The summed E-state index contributed by atoms with van der Waals surface area (Å²) in [5.74, 6) is 1.23. The van der Waals surface area contributed by atoms with E-state index in [0.29, 0.717) is 11.3 Å². The van der Waals surface area contributed by atoms with Crippen LogP contribution in [0.25, 0.3) is 0 Å². The molecule has 0 spiro atoms. The quantitative estimate of drug-likeness (QED) is 0.719. The van der Waals surface area contributed by atoms with Crippen LogP contribution in [0, 0.1) is 5.41 Å². The van der Waals surface area contributed by atoms with Gasteiger partial charge in [-0.05, 0) is 42.7 Å². The highest BCUT2D eigenvalue weighted by Crippen LogP contribution is 2.41. The fourth-order valence-electron chi connectivity index (χ4n) is 2.04. The highest BCUT2D eigenvalue weighted by molar-refractivity contribution is 6.27. The lowest BCUT2D eigenvalue weighted by atomic mass is 9.73. The second-order valence-electron chi connectivity index (χ2n) is 4.84. The molecule has 1 aromatic rings. The molecule has 4 heteroatoms. The van der Waals surface area contributed by atoms with Crippen LogP contribution in [-0.2, 0) is 0 Å². The topological polar surface area (TPSA) is 38.9 Å². The van der Waals surface area contributed by atoms with E-state index in [2.05, 4.69) is 24.0 Å². The predicted octanol–water partition coefficient (Wildman–Crippen LogP) is 3.41. The molecule has 1 aliphatic carbocycles. The number of halogens is 1. The van der Waals surface area contributed by atoms with Crippen LogP contribution in [-0.4, -0.2) is 10.1 Å². The van der Waals surface area contributed by atoms with E-state index in [-0.39, 0.29) is 5.35 Å². The van der Waals surface area contributed by atoms with Gasteiger partial charge in [-0.15, -0.1) is 0 Å². The fourth-order valence-corrected chi connectivity index (χ4v) is 2.16. The van der Waals surface area contributed by atoms with E-state index in [1.807, 2.05) is 0 Å². The Bertz CT molecular complexity index is 312. The van der Waals surface area contributed by atoms with Gasteiger partial charge in [0, 0.05) is 5.92 Å². The van der Waals surface area contributed by atoms with Gasteiger partial charge in [-0.2, -0.15) is 4.98 Å². The standard InChI is InChI=1S/C10H15ClN2O/c1-10(2)5-3-7(4-6-10)8-12-9(11)14-13-8/h7H,3-6H2,1-2H3. The summed E-state index contributed by atoms with van der Waals surface area (Å²) < 4.78 is 4.77. The smallest absolute Gasteiger partial charge is 0.320 e. The molecule has 1 saturated carbocycles. The molecule has 0 radical (unpaired) electrons. The third-order valence-electron chi connectivity index (χ3n) is 3.12. The molecular formula is C10H15ClN2O. The van der Waals surface area contributed by atoms with Gasteiger partial charge in [0.25, 0.3) is 0 Å². The monoisotopic (exact) mass is 214 g/mol. The first-order valence-electron chi connectivity index (χ1n) is 5.06. The highest BCUT2D eigenvalue weighted by Gasteiger charge is 2.29. The Morgan fingerprint density at radius 1 is 1.36 bits per heavy atom. The van der Waals surface area contributed by atoms with Crippen molar-refractivity contribution in [1.29, 1.82) is 0 Å². The van der Waals surface area contributed by atoms with Gasteiger partial charge in [-0.1, -0.05) is 19.0 Å². The van der Waals surface area contributed by atoms with Crippen molar-refractivity contribution in [3.05, 3.63) is 11.2 Å². The Morgan fingerprint density at radius 3 is 2.50 bits per heavy atom. The van der Waals surface area contributed by atoms with Gasteiger partial charge < -0.3 is 4.52 Å². The van der Waals surface area contributed by atoms with Gasteiger partial charge in [0.1, 0.15) is 0 Å². The van der Waals surface area contributed by atoms with Gasteiger partial charge in [0.05, 0.1) is 0 Å². The van der Waals surface area contributed by atoms with Crippen LogP contribution in [0.3, 0.4) is 0 Å². The minimum atomic E-state index is 0.157. The Labute approximate surface area is 88.8 Å². The number of hydrogen-bond acceptors (Lipinski definition) is 3. The van der Waals surface area contributed by atoms with Crippen molar-refractivity contribution in [3.8, 4) is 0 Å². The number of nitrogens with zero attached hydrogens (tertiary/aromatic N) is 2. The summed E-state index contributed by atoms with van der Waals surface area (Å²) >= 11 is 5.60. The molecule has 0 unspecified atom stereocenters. The van der Waals surface area contributed by atoms with E-state index >= 15 is 0 Å². The summed E-state index contributed by atoms with van der Waals surface area (Å²) in [6.07, 6.45) is 4.74. The maximum absolute atomic E-state index is 5.60. The number of aromatic nitrogens is 2. The number of rotatable bonds is 1. The van der Waals surface area contributed by atoms with Crippen molar-refractivity contribution in [2.24, 2.45) is 5.41 Å². The van der Waals surface area contributed by atoms with Gasteiger partial charge in [-0.25, -0.2) is 0 Å². The van der Waals surface area contributed by atoms with Crippen LogP contribution < -0.4 is 0 Å². The third kappa shape index (κ3) is 2.08. The summed E-state index contributed by atoms with van der Waals surface area (Å²) in [5.41, 5.74) is 0.476. The Hall–Kier alpha value is -0.570. The van der Waals surface area contributed by atoms with Crippen molar-refractivity contribution in [1.82, 2.24) is 10.1 Å². The Morgan fingerprint density at radius 2 is 2.00 bits per heavy atom. The fraction of sp³-hybridized carbons (Fsp3) is 0.800. The average molecular weight is 215 g/mol. The second-order valence-corrected chi connectivity index (χ2v) is 5.17. The molecule has 0 amide bonds. The largest absolute Gasteiger partial charge is 0.321 e. The predicted molar refractivity (Wildman–Crippen MR) is 54.3 cm³/mol. The second kappa shape index (κ2) is 3.54. The van der Waals surface area contributed by atoms with Crippen molar-refractivity contribution >= 4 is 11.6 Å². The molecule has 2 rings (SSSR count). The molecular weight excluding hydrogens is 200 g/mol. The van der Waals surface area contributed by atoms with E-state index in [4.69, 9.17) is 16.1 Å². The summed E-state index contributed by atoms with van der Waals surface area (Å²) in [4.78, 5) is 4.07. The lowest BCUT2D eigenvalue weighted by Gasteiger charge is -2.32. The van der Waals surface area contributed by atoms with Gasteiger partial charge in [-0.3, -0.25) is 0 Å². The van der Waals surface area contributed by atoms with Crippen molar-refractivity contribution < 1.29 is 4.52 Å². The van der Waals surface area contributed by atoms with E-state index in [9.17, 15) is 0 Å². The first kappa shape index (κ1) is 9.97. The lowest BCUT2D eigenvalue weighted by molar-refractivity contribution is 0.218. The zero-order valence-corrected chi connectivity index (χ0v) is 9.34. The lowest BCUT2D eigenvalue weighted by Crippen LogP contribution is -2.20. The summed E-state index contributed by atoms with van der Waals surface area (Å²) in [5, 5.41) is 4.03. The minimum Gasteiger partial charge on any atom is -0.321 e. The van der Waals surface area contributed by atoms with Crippen LogP contribution in [0.1, 0.15) is 51.3 Å². The Kier molecular flexibility index (Phi) is 2.52. The molecule has 1 aliphatic rings. The maximum Gasteiger partial charge on any atom is 0.320 e. The normalized spacial score (nSPS) is 22.5. The molecule has 0 N–H and O–H groups in total. The summed E-state index contributed by atoms with van der Waals surface area (Å²) in [7, 11) is 0.